The van der Waals surface area contributed by atoms with E-state index in [4.69, 9.17) is 11.6 Å². The minimum absolute atomic E-state index is 0.0852. The molecule has 2 heterocycles. The molecule has 0 atom stereocenters. The largest absolute Gasteiger partial charge is 0.433 e. The molecule has 0 fully saturated rings. The van der Waals surface area contributed by atoms with E-state index in [0.717, 1.165) is 35.0 Å². The van der Waals surface area contributed by atoms with Crippen molar-refractivity contribution in [1.29, 1.82) is 0 Å². The Bertz CT molecular complexity index is 1050. The minimum Gasteiger partial charge on any atom is -0.305 e. The van der Waals surface area contributed by atoms with E-state index in [0.29, 0.717) is 10.7 Å². The highest BCUT2D eigenvalue weighted by Crippen LogP contribution is 2.36. The van der Waals surface area contributed by atoms with Gasteiger partial charge in [-0.1, -0.05) is 17.7 Å². The molecule has 0 radical (unpaired) electrons. The summed E-state index contributed by atoms with van der Waals surface area (Å²) in [7, 11) is 0. The van der Waals surface area contributed by atoms with E-state index in [2.05, 4.69) is 5.10 Å². The number of rotatable bonds is 3. The summed E-state index contributed by atoms with van der Waals surface area (Å²) in [5, 5.41) is 3.22. The van der Waals surface area contributed by atoms with Gasteiger partial charge in [0.1, 0.15) is 22.4 Å². The van der Waals surface area contributed by atoms with Crippen LogP contribution in [0.15, 0.2) is 41.3 Å². The van der Waals surface area contributed by atoms with Gasteiger partial charge in [-0.3, -0.25) is 4.79 Å². The molecule has 3 rings (SSSR count). The van der Waals surface area contributed by atoms with Gasteiger partial charge in [-0.25, -0.2) is 13.5 Å². The molecule has 0 unspecified atom stereocenters. The van der Waals surface area contributed by atoms with Crippen molar-refractivity contribution < 1.29 is 22.0 Å². The topological polar surface area (TPSA) is 39.8 Å². The van der Waals surface area contributed by atoms with Crippen LogP contribution in [0.4, 0.5) is 22.0 Å². The Kier molecular flexibility index (Phi) is 4.81. The summed E-state index contributed by atoms with van der Waals surface area (Å²) in [4.78, 5) is 12.4. The molecule has 3 aromatic rings. The Balaban J connectivity index is 2.49. The summed E-state index contributed by atoms with van der Waals surface area (Å²) < 4.78 is 70.1. The lowest BCUT2D eigenvalue weighted by molar-refractivity contribution is -0.142. The lowest BCUT2D eigenvalue weighted by Crippen LogP contribution is -2.25. The molecule has 0 N–H and O–H groups in total. The molecule has 2 aromatic heterocycles. The fraction of sp³-hybridized carbons (Fsp3) is 0.176. The summed E-state index contributed by atoms with van der Waals surface area (Å²) in [6, 6.07) is 4.60. The lowest BCUT2D eigenvalue weighted by atomic mass is 10.1. The first-order valence-corrected chi connectivity index (χ1v) is 8.04. The SMILES string of the molecule is CCn1c(-c2c(F)cccc2F)c(-n2nccc2C(F)(F)F)cc(Cl)c1=O. The molecule has 10 heteroatoms. The third-order valence-corrected chi connectivity index (χ3v) is 4.17. The number of hydrogen-bond acceptors (Lipinski definition) is 2. The third kappa shape index (κ3) is 3.23. The first-order chi connectivity index (χ1) is 12.7. The zero-order valence-electron chi connectivity index (χ0n) is 13.7. The molecule has 0 saturated heterocycles. The van der Waals surface area contributed by atoms with Crippen LogP contribution in [0.2, 0.25) is 5.02 Å². The van der Waals surface area contributed by atoms with Crippen LogP contribution in [0.3, 0.4) is 0 Å². The van der Waals surface area contributed by atoms with E-state index in [1.807, 2.05) is 0 Å². The summed E-state index contributed by atoms with van der Waals surface area (Å²) in [6.07, 6.45) is -3.90. The van der Waals surface area contributed by atoms with Gasteiger partial charge in [-0.05, 0) is 31.2 Å². The molecule has 0 bridgehead atoms. The molecular formula is C17H11ClF5N3O. The van der Waals surface area contributed by atoms with Crippen LogP contribution in [0, 0.1) is 11.6 Å². The van der Waals surface area contributed by atoms with Crippen molar-refractivity contribution in [1.82, 2.24) is 14.3 Å². The summed E-state index contributed by atoms with van der Waals surface area (Å²) in [5.74, 6) is -2.08. The predicted octanol–water partition coefficient (Wildman–Crippen LogP) is 4.67. The molecule has 1 aromatic carbocycles. The van der Waals surface area contributed by atoms with Crippen LogP contribution in [0.25, 0.3) is 16.9 Å². The minimum atomic E-state index is -4.79. The number of pyridine rings is 1. The molecule has 0 saturated carbocycles. The molecule has 0 spiro atoms. The van der Waals surface area contributed by atoms with E-state index in [1.54, 1.807) is 0 Å². The van der Waals surface area contributed by atoms with Gasteiger partial charge in [-0.2, -0.15) is 18.3 Å². The first-order valence-electron chi connectivity index (χ1n) is 7.66. The van der Waals surface area contributed by atoms with Crippen molar-refractivity contribution in [2.45, 2.75) is 19.6 Å². The van der Waals surface area contributed by atoms with Gasteiger partial charge in [0, 0.05) is 6.54 Å². The molecule has 27 heavy (non-hydrogen) atoms. The average molecular weight is 404 g/mol. The summed E-state index contributed by atoms with van der Waals surface area (Å²) in [5.41, 5.74) is -3.38. The predicted molar refractivity (Wildman–Crippen MR) is 88.9 cm³/mol. The van der Waals surface area contributed by atoms with Gasteiger partial charge in [0.15, 0.2) is 0 Å². The number of nitrogens with zero attached hydrogens (tertiary/aromatic N) is 3. The van der Waals surface area contributed by atoms with Gasteiger partial charge < -0.3 is 4.57 Å². The van der Waals surface area contributed by atoms with E-state index in [-0.39, 0.29) is 12.2 Å². The Labute approximate surface area is 154 Å². The Morgan fingerprint density at radius 2 is 1.78 bits per heavy atom. The van der Waals surface area contributed by atoms with E-state index in [1.165, 1.54) is 6.92 Å². The van der Waals surface area contributed by atoms with E-state index < -0.39 is 45.3 Å². The maximum atomic E-state index is 14.4. The zero-order valence-corrected chi connectivity index (χ0v) is 14.4. The number of alkyl halides is 3. The van der Waals surface area contributed by atoms with Gasteiger partial charge >= 0.3 is 6.18 Å². The fourth-order valence-electron chi connectivity index (χ4n) is 2.78. The fourth-order valence-corrected chi connectivity index (χ4v) is 2.98. The Hall–Kier alpha value is -2.68. The van der Waals surface area contributed by atoms with E-state index >= 15 is 0 Å². The Morgan fingerprint density at radius 1 is 1.15 bits per heavy atom. The quantitative estimate of drug-likeness (QED) is 0.596. The maximum Gasteiger partial charge on any atom is 0.433 e. The van der Waals surface area contributed by atoms with Crippen LogP contribution in [0.1, 0.15) is 12.6 Å². The summed E-state index contributed by atoms with van der Waals surface area (Å²) in [6.45, 7) is 1.41. The highest BCUT2D eigenvalue weighted by molar-refractivity contribution is 6.30. The molecule has 0 amide bonds. The second-order valence-electron chi connectivity index (χ2n) is 5.50. The van der Waals surface area contributed by atoms with Crippen molar-refractivity contribution >= 4 is 11.6 Å². The highest BCUT2D eigenvalue weighted by atomic mass is 35.5. The number of halogens is 6. The smallest absolute Gasteiger partial charge is 0.305 e. The molecule has 0 aliphatic heterocycles. The van der Waals surface area contributed by atoms with Crippen molar-refractivity contribution in [2.75, 3.05) is 0 Å². The molecule has 0 aliphatic carbocycles. The number of hydrogen-bond donors (Lipinski definition) is 0. The normalized spacial score (nSPS) is 11.8. The number of aromatic nitrogens is 3. The number of benzene rings is 1. The second kappa shape index (κ2) is 6.80. The van der Waals surface area contributed by atoms with Gasteiger partial charge in [0.05, 0.1) is 23.1 Å². The molecule has 0 aliphatic rings. The molecule has 4 nitrogen and oxygen atoms in total. The van der Waals surface area contributed by atoms with Crippen molar-refractivity contribution in [3.63, 3.8) is 0 Å². The zero-order chi connectivity index (χ0) is 19.9. The van der Waals surface area contributed by atoms with Crippen LogP contribution in [0.5, 0.6) is 0 Å². The average Bonchev–Trinajstić information content (AvgIpc) is 3.07. The van der Waals surface area contributed by atoms with Crippen molar-refractivity contribution in [3.8, 4) is 16.9 Å². The van der Waals surface area contributed by atoms with Crippen LogP contribution < -0.4 is 5.56 Å². The third-order valence-electron chi connectivity index (χ3n) is 3.90. The van der Waals surface area contributed by atoms with Crippen molar-refractivity contribution in [2.24, 2.45) is 0 Å². The maximum absolute atomic E-state index is 14.4. The lowest BCUT2D eigenvalue weighted by Gasteiger charge is -2.19. The van der Waals surface area contributed by atoms with Crippen molar-refractivity contribution in [3.05, 3.63) is 69.2 Å². The Morgan fingerprint density at radius 3 is 2.33 bits per heavy atom. The first kappa shape index (κ1) is 19.1. The van der Waals surface area contributed by atoms with Gasteiger partial charge in [0.2, 0.25) is 0 Å². The van der Waals surface area contributed by atoms with Gasteiger partial charge in [0.25, 0.3) is 5.56 Å². The van der Waals surface area contributed by atoms with Crippen LogP contribution in [-0.2, 0) is 12.7 Å². The van der Waals surface area contributed by atoms with E-state index in [9.17, 15) is 26.7 Å². The van der Waals surface area contributed by atoms with Crippen LogP contribution in [-0.4, -0.2) is 14.3 Å². The standard InChI is InChI=1S/C17H11ClF5N3O/c1-2-25-15(14-10(19)4-3-5-11(14)20)12(8-9(18)16(25)27)26-13(6-7-24-26)17(21,22)23/h3-8H,2H2,1H3. The monoisotopic (exact) mass is 403 g/mol. The summed E-state index contributed by atoms with van der Waals surface area (Å²) >= 11 is 5.88. The highest BCUT2D eigenvalue weighted by Gasteiger charge is 2.36. The molecular weight excluding hydrogens is 393 g/mol. The molecule has 142 valence electrons. The second-order valence-corrected chi connectivity index (χ2v) is 5.91. The van der Waals surface area contributed by atoms with Crippen LogP contribution >= 0.6 is 11.6 Å². The van der Waals surface area contributed by atoms with Gasteiger partial charge in [-0.15, -0.1) is 0 Å².